The fourth-order valence-corrected chi connectivity index (χ4v) is 2.45. The lowest BCUT2D eigenvalue weighted by Crippen LogP contribution is -1.99. The van der Waals surface area contributed by atoms with E-state index in [0.29, 0.717) is 22.3 Å². The summed E-state index contributed by atoms with van der Waals surface area (Å²) >= 11 is 0. The number of benzene rings is 2. The average molecular weight is 239 g/mol. The standard InChI is InChI=1S/C14H9NO3/c1-8-6-7-11(15(17)18)13-9-4-2-3-5-10(9)14(16)12(8)13/h2-7H,1H3. The summed E-state index contributed by atoms with van der Waals surface area (Å²) in [6.07, 6.45) is 0. The van der Waals surface area contributed by atoms with Crippen LogP contribution in [0, 0.1) is 17.0 Å². The number of hydrogen-bond donors (Lipinski definition) is 0. The van der Waals surface area contributed by atoms with E-state index in [9.17, 15) is 14.9 Å². The smallest absolute Gasteiger partial charge is 0.277 e. The minimum absolute atomic E-state index is 0.00565. The maximum absolute atomic E-state index is 12.3. The molecule has 0 radical (unpaired) electrons. The van der Waals surface area contributed by atoms with Gasteiger partial charge in [-0.1, -0.05) is 30.3 Å². The molecule has 0 saturated carbocycles. The second-order valence-electron chi connectivity index (χ2n) is 4.28. The van der Waals surface area contributed by atoms with Gasteiger partial charge in [0.25, 0.3) is 5.69 Å². The fraction of sp³-hybridized carbons (Fsp3) is 0.0714. The van der Waals surface area contributed by atoms with Crippen LogP contribution in [0.2, 0.25) is 0 Å². The third kappa shape index (κ3) is 1.23. The van der Waals surface area contributed by atoms with E-state index >= 15 is 0 Å². The third-order valence-corrected chi connectivity index (χ3v) is 3.26. The van der Waals surface area contributed by atoms with Gasteiger partial charge in [0.2, 0.25) is 0 Å². The van der Waals surface area contributed by atoms with Gasteiger partial charge in [-0.3, -0.25) is 14.9 Å². The number of rotatable bonds is 1. The lowest BCUT2D eigenvalue weighted by molar-refractivity contribution is -0.384. The van der Waals surface area contributed by atoms with Crippen LogP contribution in [-0.2, 0) is 0 Å². The van der Waals surface area contributed by atoms with Crippen LogP contribution in [-0.4, -0.2) is 10.7 Å². The Bertz CT molecular complexity index is 704. The van der Waals surface area contributed by atoms with Gasteiger partial charge < -0.3 is 0 Å². The van der Waals surface area contributed by atoms with Gasteiger partial charge in [-0.15, -0.1) is 0 Å². The van der Waals surface area contributed by atoms with Crippen molar-refractivity contribution in [3.8, 4) is 11.1 Å². The van der Waals surface area contributed by atoms with Gasteiger partial charge in [0.15, 0.2) is 5.78 Å². The van der Waals surface area contributed by atoms with Crippen LogP contribution in [0.4, 0.5) is 5.69 Å². The summed E-state index contributed by atoms with van der Waals surface area (Å²) in [4.78, 5) is 22.9. The van der Waals surface area contributed by atoms with E-state index in [1.807, 2.05) is 0 Å². The maximum atomic E-state index is 12.3. The van der Waals surface area contributed by atoms with Crippen LogP contribution < -0.4 is 0 Å². The Hall–Kier alpha value is -2.49. The second-order valence-corrected chi connectivity index (χ2v) is 4.28. The first kappa shape index (κ1) is 10.7. The van der Waals surface area contributed by atoms with Crippen LogP contribution in [0.3, 0.4) is 0 Å². The molecule has 0 heterocycles. The summed E-state index contributed by atoms with van der Waals surface area (Å²) in [6, 6.07) is 10.1. The molecule has 0 saturated heterocycles. The van der Waals surface area contributed by atoms with Crippen LogP contribution in [0.1, 0.15) is 21.5 Å². The van der Waals surface area contributed by atoms with Crippen molar-refractivity contribution in [1.82, 2.24) is 0 Å². The lowest BCUT2D eigenvalue weighted by atomic mass is 10.00. The Kier molecular flexibility index (Phi) is 2.07. The molecule has 4 nitrogen and oxygen atoms in total. The van der Waals surface area contributed by atoms with Gasteiger partial charge in [0.1, 0.15) is 0 Å². The number of nitro benzene ring substituents is 1. The molecular formula is C14H9NO3. The van der Waals surface area contributed by atoms with E-state index in [0.717, 1.165) is 5.56 Å². The Labute approximate surface area is 103 Å². The first-order valence-electron chi connectivity index (χ1n) is 5.53. The number of nitrogens with zero attached hydrogens (tertiary/aromatic N) is 1. The highest BCUT2D eigenvalue weighted by Gasteiger charge is 2.33. The molecule has 88 valence electrons. The van der Waals surface area contributed by atoms with Crippen molar-refractivity contribution in [3.63, 3.8) is 0 Å². The Morgan fingerprint density at radius 2 is 1.67 bits per heavy atom. The topological polar surface area (TPSA) is 60.2 Å². The summed E-state index contributed by atoms with van der Waals surface area (Å²) in [5.74, 6) is -0.123. The van der Waals surface area contributed by atoms with E-state index in [-0.39, 0.29) is 11.5 Å². The summed E-state index contributed by atoms with van der Waals surface area (Å²) < 4.78 is 0. The number of carbonyl (C=O) groups is 1. The number of nitro groups is 1. The molecule has 0 N–H and O–H groups in total. The molecule has 0 fully saturated rings. The minimum atomic E-state index is -0.437. The molecular weight excluding hydrogens is 230 g/mol. The van der Waals surface area contributed by atoms with Crippen molar-refractivity contribution < 1.29 is 9.72 Å². The van der Waals surface area contributed by atoms with Crippen molar-refractivity contribution in [1.29, 1.82) is 0 Å². The molecule has 1 aliphatic carbocycles. The minimum Gasteiger partial charge on any atom is -0.289 e. The first-order valence-corrected chi connectivity index (χ1v) is 5.53. The van der Waals surface area contributed by atoms with Crippen molar-refractivity contribution in [2.75, 3.05) is 0 Å². The molecule has 0 bridgehead atoms. The molecule has 18 heavy (non-hydrogen) atoms. The molecule has 1 aliphatic rings. The van der Waals surface area contributed by atoms with E-state index in [2.05, 4.69) is 0 Å². The monoisotopic (exact) mass is 239 g/mol. The van der Waals surface area contributed by atoms with Crippen LogP contribution >= 0.6 is 0 Å². The molecule has 2 aromatic rings. The Morgan fingerprint density at radius 1 is 1.00 bits per heavy atom. The van der Waals surface area contributed by atoms with Gasteiger partial charge >= 0.3 is 0 Å². The first-order chi connectivity index (χ1) is 8.61. The molecule has 0 amide bonds. The van der Waals surface area contributed by atoms with Crippen LogP contribution in [0.25, 0.3) is 11.1 Å². The molecule has 0 aliphatic heterocycles. The highest BCUT2D eigenvalue weighted by molar-refractivity contribution is 6.23. The predicted octanol–water partition coefficient (Wildman–Crippen LogP) is 3.11. The SMILES string of the molecule is Cc1ccc([N+](=O)[O-])c2c1C(=O)c1ccccc1-2. The maximum Gasteiger partial charge on any atom is 0.277 e. The van der Waals surface area contributed by atoms with Crippen LogP contribution in [0.5, 0.6) is 0 Å². The molecule has 0 aromatic heterocycles. The highest BCUT2D eigenvalue weighted by atomic mass is 16.6. The van der Waals surface area contributed by atoms with Gasteiger partial charge in [0, 0.05) is 22.8 Å². The van der Waals surface area contributed by atoms with E-state index in [1.165, 1.54) is 6.07 Å². The normalized spacial score (nSPS) is 12.2. The van der Waals surface area contributed by atoms with E-state index in [1.54, 1.807) is 37.3 Å². The van der Waals surface area contributed by atoms with Gasteiger partial charge in [-0.2, -0.15) is 0 Å². The summed E-state index contributed by atoms with van der Waals surface area (Å²) in [5.41, 5.74) is 2.90. The molecule has 3 rings (SSSR count). The van der Waals surface area contributed by atoms with Crippen molar-refractivity contribution in [2.24, 2.45) is 0 Å². The Balaban J connectivity index is 2.46. The van der Waals surface area contributed by atoms with Crippen molar-refractivity contribution in [3.05, 3.63) is 63.2 Å². The second kappa shape index (κ2) is 3.50. The summed E-state index contributed by atoms with van der Waals surface area (Å²) in [7, 11) is 0. The number of fused-ring (bicyclic) bond motifs is 3. The molecule has 0 spiro atoms. The zero-order valence-electron chi connectivity index (χ0n) is 9.64. The summed E-state index contributed by atoms with van der Waals surface area (Å²) in [5, 5.41) is 11.1. The number of ketones is 1. The number of carbonyl (C=O) groups excluding carboxylic acids is 1. The summed E-state index contributed by atoms with van der Waals surface area (Å²) in [6.45, 7) is 1.80. The van der Waals surface area contributed by atoms with Gasteiger partial charge in [0.05, 0.1) is 10.5 Å². The van der Waals surface area contributed by atoms with Gasteiger partial charge in [-0.25, -0.2) is 0 Å². The quantitative estimate of drug-likeness (QED) is 0.484. The third-order valence-electron chi connectivity index (χ3n) is 3.26. The Morgan fingerprint density at radius 3 is 2.33 bits per heavy atom. The molecule has 4 heteroatoms. The van der Waals surface area contributed by atoms with Crippen LogP contribution in [0.15, 0.2) is 36.4 Å². The van der Waals surface area contributed by atoms with E-state index in [4.69, 9.17) is 0 Å². The zero-order valence-corrected chi connectivity index (χ0v) is 9.64. The van der Waals surface area contributed by atoms with Crippen molar-refractivity contribution in [2.45, 2.75) is 6.92 Å². The zero-order chi connectivity index (χ0) is 12.9. The predicted molar refractivity (Wildman–Crippen MR) is 66.7 cm³/mol. The van der Waals surface area contributed by atoms with Gasteiger partial charge in [-0.05, 0) is 12.5 Å². The lowest BCUT2D eigenvalue weighted by Gasteiger charge is -2.03. The largest absolute Gasteiger partial charge is 0.289 e. The number of aryl methyl sites for hydroxylation is 1. The fourth-order valence-electron chi connectivity index (χ4n) is 2.45. The molecule has 0 atom stereocenters. The molecule has 0 unspecified atom stereocenters. The molecule has 2 aromatic carbocycles. The average Bonchev–Trinajstić information content (AvgIpc) is 2.65. The van der Waals surface area contributed by atoms with Crippen molar-refractivity contribution >= 4 is 11.5 Å². The highest BCUT2D eigenvalue weighted by Crippen LogP contribution is 2.43. The van der Waals surface area contributed by atoms with E-state index < -0.39 is 4.92 Å². The number of hydrogen-bond acceptors (Lipinski definition) is 3.